The van der Waals surface area contributed by atoms with Crippen LogP contribution in [0.4, 0.5) is 4.39 Å². The van der Waals surface area contributed by atoms with Crippen molar-refractivity contribution in [3.8, 4) is 16.9 Å². The van der Waals surface area contributed by atoms with E-state index >= 15 is 0 Å². The van der Waals surface area contributed by atoms with Crippen LogP contribution in [0.2, 0.25) is 0 Å². The summed E-state index contributed by atoms with van der Waals surface area (Å²) < 4.78 is 27.1. The maximum atomic E-state index is 15.0. The molecular weight excluding hydrogens is 495 g/mol. The van der Waals surface area contributed by atoms with Crippen molar-refractivity contribution in [1.29, 1.82) is 0 Å². The number of likely N-dealkylation sites (tertiary alicyclic amines) is 1. The molecule has 39 heavy (non-hydrogen) atoms. The summed E-state index contributed by atoms with van der Waals surface area (Å²) in [5.41, 5.74) is 6.45. The van der Waals surface area contributed by atoms with E-state index in [1.807, 2.05) is 37.3 Å². The SMILES string of the molecule is COC1CCCN(Cc2cc(C3CCc4ccc(CC(C)C(=O)O)cc4O3)ccc2-c2cc(C)ncc2F)C1. The minimum Gasteiger partial charge on any atom is -0.485 e. The number of benzene rings is 2. The normalized spacial score (nSPS) is 20.2. The second-order valence-electron chi connectivity index (χ2n) is 11.0. The first-order valence-corrected chi connectivity index (χ1v) is 13.8. The Morgan fingerprint density at radius 2 is 2.05 bits per heavy atom. The molecule has 0 bridgehead atoms. The van der Waals surface area contributed by atoms with E-state index in [2.05, 4.69) is 22.0 Å². The Balaban J connectivity index is 1.45. The van der Waals surface area contributed by atoms with Crippen molar-refractivity contribution < 1.29 is 23.8 Å². The highest BCUT2D eigenvalue weighted by atomic mass is 19.1. The topological polar surface area (TPSA) is 71.9 Å². The molecule has 206 valence electrons. The summed E-state index contributed by atoms with van der Waals surface area (Å²) in [6, 6.07) is 14.1. The molecule has 0 saturated carbocycles. The second kappa shape index (κ2) is 11.8. The first-order valence-electron chi connectivity index (χ1n) is 13.8. The van der Waals surface area contributed by atoms with E-state index in [4.69, 9.17) is 9.47 Å². The van der Waals surface area contributed by atoms with Crippen LogP contribution < -0.4 is 4.74 Å². The van der Waals surface area contributed by atoms with Crippen LogP contribution >= 0.6 is 0 Å². The first kappa shape index (κ1) is 27.3. The van der Waals surface area contributed by atoms with Gasteiger partial charge < -0.3 is 14.6 Å². The van der Waals surface area contributed by atoms with E-state index in [-0.39, 0.29) is 18.0 Å². The van der Waals surface area contributed by atoms with Gasteiger partial charge in [-0.3, -0.25) is 14.7 Å². The highest BCUT2D eigenvalue weighted by molar-refractivity contribution is 5.70. The zero-order chi connectivity index (χ0) is 27.5. The highest BCUT2D eigenvalue weighted by Crippen LogP contribution is 2.38. The molecule has 3 aromatic rings. The third-order valence-electron chi connectivity index (χ3n) is 8.01. The minimum absolute atomic E-state index is 0.130. The van der Waals surface area contributed by atoms with Crippen molar-refractivity contribution in [1.82, 2.24) is 9.88 Å². The van der Waals surface area contributed by atoms with Crippen molar-refractivity contribution in [3.63, 3.8) is 0 Å². The average molecular weight is 533 g/mol. The lowest BCUT2D eigenvalue weighted by molar-refractivity contribution is -0.141. The van der Waals surface area contributed by atoms with Gasteiger partial charge >= 0.3 is 5.97 Å². The molecule has 7 heteroatoms. The fourth-order valence-electron chi connectivity index (χ4n) is 5.76. The van der Waals surface area contributed by atoms with Crippen LogP contribution in [0.25, 0.3) is 11.1 Å². The third kappa shape index (κ3) is 6.31. The largest absolute Gasteiger partial charge is 0.485 e. The molecule has 1 fully saturated rings. The van der Waals surface area contributed by atoms with Crippen LogP contribution in [0.3, 0.4) is 0 Å². The van der Waals surface area contributed by atoms with Crippen LogP contribution in [0, 0.1) is 18.7 Å². The molecule has 1 aromatic heterocycles. The summed E-state index contributed by atoms with van der Waals surface area (Å²) in [5, 5.41) is 9.31. The molecule has 3 heterocycles. The number of rotatable bonds is 8. The number of methoxy groups -OCH3 is 1. The number of aryl methyl sites for hydroxylation is 2. The molecule has 0 aliphatic carbocycles. The molecule has 0 radical (unpaired) electrons. The zero-order valence-electron chi connectivity index (χ0n) is 23.0. The summed E-state index contributed by atoms with van der Waals surface area (Å²) in [5.74, 6) is -0.761. The molecular formula is C32H37FN2O4. The van der Waals surface area contributed by atoms with Gasteiger partial charge in [0.1, 0.15) is 17.7 Å². The Bertz CT molecular complexity index is 1340. The molecule has 1 saturated heterocycles. The fraction of sp³-hybridized carbons (Fsp3) is 0.438. The van der Waals surface area contributed by atoms with E-state index in [0.717, 1.165) is 78.0 Å². The van der Waals surface area contributed by atoms with E-state index in [9.17, 15) is 14.3 Å². The van der Waals surface area contributed by atoms with Gasteiger partial charge in [-0.1, -0.05) is 37.3 Å². The molecule has 0 spiro atoms. The standard InChI is InChI=1S/C32H37FN2O4/c1-20(32(36)37)13-22-6-7-23-9-11-30(39-31(23)15-22)24-8-10-27(28-14-21(2)34-17-29(28)33)25(16-24)18-35-12-4-5-26(19-35)38-3/h6-8,10,14-17,20,26,30H,4-5,9,11-13,18-19H2,1-3H3,(H,36,37). The number of fused-ring (bicyclic) bond motifs is 1. The van der Waals surface area contributed by atoms with Gasteiger partial charge in [-0.05, 0) is 85.5 Å². The van der Waals surface area contributed by atoms with Crippen LogP contribution in [-0.4, -0.2) is 47.3 Å². The Morgan fingerprint density at radius 1 is 1.21 bits per heavy atom. The second-order valence-corrected chi connectivity index (χ2v) is 11.0. The summed E-state index contributed by atoms with van der Waals surface area (Å²) in [6.45, 7) is 6.13. The lowest BCUT2D eigenvalue weighted by atomic mass is 9.91. The summed E-state index contributed by atoms with van der Waals surface area (Å²) in [4.78, 5) is 17.9. The van der Waals surface area contributed by atoms with Crippen LogP contribution in [-0.2, 0) is 28.9 Å². The number of aliphatic carboxylic acids is 1. The number of aromatic nitrogens is 1. The number of carboxylic acid groups (broad SMARTS) is 1. The molecule has 3 unspecified atom stereocenters. The summed E-state index contributed by atoms with van der Waals surface area (Å²) >= 11 is 0. The maximum Gasteiger partial charge on any atom is 0.306 e. The van der Waals surface area contributed by atoms with Crippen molar-refractivity contribution in [3.05, 3.63) is 82.4 Å². The van der Waals surface area contributed by atoms with E-state index in [0.29, 0.717) is 18.5 Å². The van der Waals surface area contributed by atoms with E-state index in [1.165, 1.54) is 6.20 Å². The number of nitrogens with zero attached hydrogens (tertiary/aromatic N) is 2. The van der Waals surface area contributed by atoms with Crippen molar-refractivity contribution in [2.24, 2.45) is 5.92 Å². The number of piperidine rings is 1. The monoisotopic (exact) mass is 532 g/mol. The number of hydrogen-bond donors (Lipinski definition) is 1. The van der Waals surface area contributed by atoms with Crippen molar-refractivity contribution in [2.45, 2.75) is 64.7 Å². The predicted octanol–water partition coefficient (Wildman–Crippen LogP) is 6.14. The number of hydrogen-bond acceptors (Lipinski definition) is 5. The predicted molar refractivity (Wildman–Crippen MR) is 148 cm³/mol. The molecule has 0 amide bonds. The highest BCUT2D eigenvalue weighted by Gasteiger charge is 2.25. The van der Waals surface area contributed by atoms with Crippen molar-refractivity contribution >= 4 is 5.97 Å². The van der Waals surface area contributed by atoms with Crippen LogP contribution in [0.15, 0.2) is 48.7 Å². The maximum absolute atomic E-state index is 15.0. The first-order chi connectivity index (χ1) is 18.8. The zero-order valence-corrected chi connectivity index (χ0v) is 23.0. The molecule has 5 rings (SSSR count). The molecule has 6 nitrogen and oxygen atoms in total. The number of pyridine rings is 1. The smallest absolute Gasteiger partial charge is 0.306 e. The Kier molecular flexibility index (Phi) is 8.29. The van der Waals surface area contributed by atoms with E-state index in [1.54, 1.807) is 14.0 Å². The number of carbonyl (C=O) groups is 1. The summed E-state index contributed by atoms with van der Waals surface area (Å²) in [7, 11) is 1.77. The molecule has 2 aliphatic rings. The van der Waals surface area contributed by atoms with Crippen molar-refractivity contribution in [2.75, 3.05) is 20.2 Å². The van der Waals surface area contributed by atoms with Gasteiger partial charge in [0.15, 0.2) is 0 Å². The van der Waals surface area contributed by atoms with Gasteiger partial charge in [0.05, 0.1) is 18.2 Å². The Hall–Kier alpha value is -3.29. The number of halogens is 1. The molecule has 2 aliphatic heterocycles. The van der Waals surface area contributed by atoms with Gasteiger partial charge in [-0.25, -0.2) is 4.39 Å². The van der Waals surface area contributed by atoms with Gasteiger partial charge in [-0.15, -0.1) is 0 Å². The van der Waals surface area contributed by atoms with E-state index < -0.39 is 11.9 Å². The third-order valence-corrected chi connectivity index (χ3v) is 8.01. The molecule has 2 aromatic carbocycles. The minimum atomic E-state index is -0.800. The molecule has 1 N–H and O–H groups in total. The number of carboxylic acids is 1. The van der Waals surface area contributed by atoms with Gasteiger partial charge in [0.25, 0.3) is 0 Å². The fourth-order valence-corrected chi connectivity index (χ4v) is 5.76. The quantitative estimate of drug-likeness (QED) is 0.376. The lowest BCUT2D eigenvalue weighted by Crippen LogP contribution is -2.38. The van der Waals surface area contributed by atoms with Gasteiger partial charge in [0, 0.05) is 31.5 Å². The van der Waals surface area contributed by atoms with Gasteiger partial charge in [-0.2, -0.15) is 0 Å². The van der Waals surface area contributed by atoms with Crippen LogP contribution in [0.1, 0.15) is 60.2 Å². The average Bonchev–Trinajstić information content (AvgIpc) is 2.94. The summed E-state index contributed by atoms with van der Waals surface area (Å²) in [6.07, 6.45) is 5.69. The molecule has 3 atom stereocenters. The van der Waals surface area contributed by atoms with Gasteiger partial charge in [0.2, 0.25) is 0 Å². The number of ether oxygens (including phenoxy) is 2. The van der Waals surface area contributed by atoms with Crippen LogP contribution in [0.5, 0.6) is 5.75 Å². The lowest BCUT2D eigenvalue weighted by Gasteiger charge is -2.33. The Morgan fingerprint density at radius 3 is 2.85 bits per heavy atom. The Labute approximate surface area is 229 Å².